The fourth-order valence-corrected chi connectivity index (χ4v) is 1.56. The number of hydrogen-bond acceptors (Lipinski definition) is 3. The predicted octanol–water partition coefficient (Wildman–Crippen LogP) is 0.432. The van der Waals surface area contributed by atoms with Crippen LogP contribution in [0.15, 0.2) is 0 Å². The second-order valence-corrected chi connectivity index (χ2v) is 3.15. The molecule has 0 aromatic carbocycles. The largest absolute Gasteiger partial charge is 0.289 e. The molecule has 0 unspecified atom stereocenters. The minimum atomic E-state index is -0.950. The van der Waals surface area contributed by atoms with Crippen molar-refractivity contribution in [2.75, 3.05) is 0 Å². The number of nitriles is 1. The predicted molar refractivity (Wildman–Crippen MR) is 36.4 cm³/mol. The summed E-state index contributed by atoms with van der Waals surface area (Å²) in [6.45, 7) is 1.97. The van der Waals surface area contributed by atoms with Gasteiger partial charge in [-0.2, -0.15) is 5.26 Å². The molecule has 0 aromatic heterocycles. The van der Waals surface area contributed by atoms with Crippen molar-refractivity contribution < 1.29 is 10.0 Å². The minimum Gasteiger partial charge on any atom is -0.289 e. The standard InChI is InChI=1S/C7H10N2O2/c1-5-2-7(3-5,4-8)6(10)9-11/h5,11H,2-3H2,1H3,(H,9,10). The molecule has 1 aliphatic carbocycles. The normalized spacial score (nSPS) is 35.2. The average molecular weight is 154 g/mol. The van der Waals surface area contributed by atoms with Crippen LogP contribution in [0, 0.1) is 22.7 Å². The Morgan fingerprint density at radius 2 is 2.36 bits per heavy atom. The maximum atomic E-state index is 10.9. The molecule has 4 heteroatoms. The van der Waals surface area contributed by atoms with E-state index in [1.807, 2.05) is 13.0 Å². The molecule has 0 heterocycles. The molecule has 0 radical (unpaired) electrons. The minimum absolute atomic E-state index is 0.409. The summed E-state index contributed by atoms with van der Waals surface area (Å²) >= 11 is 0. The highest BCUT2D eigenvalue weighted by atomic mass is 16.5. The molecule has 1 fully saturated rings. The number of amides is 1. The number of rotatable bonds is 1. The van der Waals surface area contributed by atoms with Gasteiger partial charge in [-0.3, -0.25) is 10.0 Å². The quantitative estimate of drug-likeness (QED) is 0.425. The third kappa shape index (κ3) is 1.08. The molecule has 1 aliphatic rings. The van der Waals surface area contributed by atoms with E-state index in [9.17, 15) is 4.79 Å². The van der Waals surface area contributed by atoms with E-state index in [1.54, 1.807) is 0 Å². The van der Waals surface area contributed by atoms with Gasteiger partial charge in [0.15, 0.2) is 0 Å². The molecule has 0 bridgehead atoms. The first-order valence-corrected chi connectivity index (χ1v) is 3.50. The van der Waals surface area contributed by atoms with Crippen molar-refractivity contribution >= 4 is 5.91 Å². The number of carbonyl (C=O) groups is 1. The van der Waals surface area contributed by atoms with Crippen LogP contribution in [-0.2, 0) is 4.79 Å². The Kier molecular flexibility index (Phi) is 1.83. The third-order valence-electron chi connectivity index (χ3n) is 2.14. The van der Waals surface area contributed by atoms with Gasteiger partial charge in [-0.1, -0.05) is 6.92 Å². The topological polar surface area (TPSA) is 73.1 Å². The molecule has 2 N–H and O–H groups in total. The van der Waals surface area contributed by atoms with Gasteiger partial charge in [0, 0.05) is 0 Å². The molecule has 0 atom stereocenters. The number of nitrogens with one attached hydrogen (secondary N) is 1. The van der Waals surface area contributed by atoms with Gasteiger partial charge in [-0.25, -0.2) is 5.48 Å². The van der Waals surface area contributed by atoms with Crippen LogP contribution in [0.3, 0.4) is 0 Å². The van der Waals surface area contributed by atoms with Crippen LogP contribution in [-0.4, -0.2) is 11.1 Å². The lowest BCUT2D eigenvalue weighted by Gasteiger charge is -2.38. The zero-order chi connectivity index (χ0) is 8.48. The Hall–Kier alpha value is -1.08. The first-order valence-electron chi connectivity index (χ1n) is 3.50. The summed E-state index contributed by atoms with van der Waals surface area (Å²) in [5, 5.41) is 16.9. The van der Waals surface area contributed by atoms with E-state index >= 15 is 0 Å². The van der Waals surface area contributed by atoms with Crippen molar-refractivity contribution in [2.24, 2.45) is 11.3 Å². The Morgan fingerprint density at radius 1 is 1.82 bits per heavy atom. The van der Waals surface area contributed by atoms with Crippen molar-refractivity contribution in [1.29, 1.82) is 5.26 Å². The van der Waals surface area contributed by atoms with E-state index < -0.39 is 11.3 Å². The second-order valence-electron chi connectivity index (χ2n) is 3.15. The number of hydroxylamine groups is 1. The fraction of sp³-hybridized carbons (Fsp3) is 0.714. The number of carbonyl (C=O) groups excluding carboxylic acids is 1. The van der Waals surface area contributed by atoms with E-state index in [0.29, 0.717) is 18.8 Å². The first kappa shape index (κ1) is 8.02. The Balaban J connectivity index is 2.66. The van der Waals surface area contributed by atoms with Crippen molar-refractivity contribution in [1.82, 2.24) is 5.48 Å². The zero-order valence-corrected chi connectivity index (χ0v) is 6.29. The van der Waals surface area contributed by atoms with E-state index in [0.717, 1.165) is 0 Å². The third-order valence-corrected chi connectivity index (χ3v) is 2.14. The summed E-state index contributed by atoms with van der Waals surface area (Å²) in [4.78, 5) is 10.9. The van der Waals surface area contributed by atoms with Crippen LogP contribution in [0.1, 0.15) is 19.8 Å². The Labute approximate surface area is 64.8 Å². The first-order chi connectivity index (χ1) is 5.14. The Morgan fingerprint density at radius 3 is 2.64 bits per heavy atom. The van der Waals surface area contributed by atoms with Crippen LogP contribution in [0.2, 0.25) is 0 Å². The van der Waals surface area contributed by atoms with E-state index in [1.165, 1.54) is 5.48 Å². The summed E-state index contributed by atoms with van der Waals surface area (Å²) in [6.07, 6.45) is 1.10. The van der Waals surface area contributed by atoms with Gasteiger partial charge in [-0.15, -0.1) is 0 Å². The van der Waals surface area contributed by atoms with Crippen LogP contribution in [0.25, 0.3) is 0 Å². The van der Waals surface area contributed by atoms with Gasteiger partial charge in [0.1, 0.15) is 5.41 Å². The maximum absolute atomic E-state index is 10.9. The van der Waals surface area contributed by atoms with Crippen LogP contribution >= 0.6 is 0 Å². The van der Waals surface area contributed by atoms with Crippen molar-refractivity contribution in [3.8, 4) is 6.07 Å². The summed E-state index contributed by atoms with van der Waals surface area (Å²) in [5.74, 6) is -0.162. The molecule has 4 nitrogen and oxygen atoms in total. The van der Waals surface area contributed by atoms with Crippen LogP contribution < -0.4 is 5.48 Å². The van der Waals surface area contributed by atoms with E-state index in [4.69, 9.17) is 10.5 Å². The van der Waals surface area contributed by atoms with Gasteiger partial charge in [-0.05, 0) is 18.8 Å². The smallest absolute Gasteiger partial charge is 0.263 e. The molecule has 0 aromatic rings. The second kappa shape index (κ2) is 2.51. The van der Waals surface area contributed by atoms with Gasteiger partial charge in [0.2, 0.25) is 0 Å². The van der Waals surface area contributed by atoms with E-state index in [-0.39, 0.29) is 0 Å². The fourth-order valence-electron chi connectivity index (χ4n) is 1.56. The van der Waals surface area contributed by atoms with E-state index in [2.05, 4.69) is 0 Å². The molecule has 60 valence electrons. The maximum Gasteiger partial charge on any atom is 0.263 e. The van der Waals surface area contributed by atoms with Gasteiger partial charge < -0.3 is 0 Å². The highest BCUT2D eigenvalue weighted by Crippen LogP contribution is 2.44. The van der Waals surface area contributed by atoms with Crippen LogP contribution in [0.4, 0.5) is 0 Å². The highest BCUT2D eigenvalue weighted by molar-refractivity contribution is 5.85. The molecule has 0 aliphatic heterocycles. The molecule has 0 spiro atoms. The lowest BCUT2D eigenvalue weighted by Crippen LogP contribution is -2.47. The van der Waals surface area contributed by atoms with Gasteiger partial charge >= 0.3 is 0 Å². The molecule has 1 amide bonds. The molecule has 11 heavy (non-hydrogen) atoms. The van der Waals surface area contributed by atoms with Crippen molar-refractivity contribution in [3.05, 3.63) is 0 Å². The van der Waals surface area contributed by atoms with Gasteiger partial charge in [0.25, 0.3) is 5.91 Å². The summed E-state index contributed by atoms with van der Waals surface area (Å²) in [5.41, 5.74) is 0.568. The van der Waals surface area contributed by atoms with Crippen molar-refractivity contribution in [3.63, 3.8) is 0 Å². The highest BCUT2D eigenvalue weighted by Gasteiger charge is 2.48. The average Bonchev–Trinajstić information content (AvgIpc) is 1.96. The van der Waals surface area contributed by atoms with Crippen molar-refractivity contribution in [2.45, 2.75) is 19.8 Å². The molecule has 1 saturated carbocycles. The molecule has 0 saturated heterocycles. The number of hydrogen-bond donors (Lipinski definition) is 2. The number of nitrogens with zero attached hydrogens (tertiary/aromatic N) is 1. The summed E-state index contributed by atoms with van der Waals surface area (Å²) in [6, 6.07) is 1.92. The monoisotopic (exact) mass is 154 g/mol. The molecule has 1 rings (SSSR count). The lowest BCUT2D eigenvalue weighted by molar-refractivity contribution is -0.142. The summed E-state index contributed by atoms with van der Waals surface area (Å²) in [7, 11) is 0. The Bertz CT molecular complexity index is 213. The summed E-state index contributed by atoms with van der Waals surface area (Å²) < 4.78 is 0. The molecular weight excluding hydrogens is 144 g/mol. The molecular formula is C7H10N2O2. The SMILES string of the molecule is CC1CC(C#N)(C(=O)NO)C1. The van der Waals surface area contributed by atoms with Gasteiger partial charge in [0.05, 0.1) is 6.07 Å². The lowest BCUT2D eigenvalue weighted by atomic mass is 9.63. The zero-order valence-electron chi connectivity index (χ0n) is 6.29. The van der Waals surface area contributed by atoms with Crippen LogP contribution in [0.5, 0.6) is 0 Å².